The Morgan fingerprint density at radius 1 is 1.46 bits per heavy atom. The lowest BCUT2D eigenvalue weighted by atomic mass is 10.0. The molecule has 0 unspecified atom stereocenters. The van der Waals surface area contributed by atoms with Crippen molar-refractivity contribution >= 4 is 0 Å². The molecule has 0 saturated carbocycles. The summed E-state index contributed by atoms with van der Waals surface area (Å²) < 4.78 is 0. The summed E-state index contributed by atoms with van der Waals surface area (Å²) in [6.45, 7) is 6.24. The summed E-state index contributed by atoms with van der Waals surface area (Å²) in [6.07, 6.45) is 0.997. The number of hydrogen-bond acceptors (Lipinski definition) is 3. The van der Waals surface area contributed by atoms with Crippen LogP contribution in [0.1, 0.15) is 30.1 Å². The van der Waals surface area contributed by atoms with Crippen molar-refractivity contribution in [1.82, 2.24) is 15.3 Å². The number of nitrogens with one attached hydrogen (secondary N) is 1. The summed E-state index contributed by atoms with van der Waals surface area (Å²) in [5.74, 6) is 1.57. The van der Waals surface area contributed by atoms with Crippen LogP contribution >= 0.6 is 0 Å². The molecule has 1 aromatic heterocycles. The maximum absolute atomic E-state index is 4.52. The van der Waals surface area contributed by atoms with Crippen molar-refractivity contribution in [2.75, 3.05) is 13.1 Å². The summed E-state index contributed by atoms with van der Waals surface area (Å²) >= 11 is 0. The van der Waals surface area contributed by atoms with Gasteiger partial charge in [-0.25, -0.2) is 9.97 Å². The van der Waals surface area contributed by atoms with Gasteiger partial charge in [-0.1, -0.05) is 6.92 Å². The minimum absolute atomic E-state index is 0.546. The SMILES string of the molecule is CCc1cc(C)nc(C2CNC2)n1. The van der Waals surface area contributed by atoms with Gasteiger partial charge in [-0.2, -0.15) is 0 Å². The van der Waals surface area contributed by atoms with Gasteiger partial charge < -0.3 is 5.32 Å². The number of aryl methyl sites for hydroxylation is 2. The van der Waals surface area contributed by atoms with E-state index in [9.17, 15) is 0 Å². The minimum Gasteiger partial charge on any atom is -0.315 e. The van der Waals surface area contributed by atoms with E-state index in [-0.39, 0.29) is 0 Å². The highest BCUT2D eigenvalue weighted by atomic mass is 15.0. The largest absolute Gasteiger partial charge is 0.315 e. The molecule has 13 heavy (non-hydrogen) atoms. The molecule has 70 valence electrons. The Labute approximate surface area is 78.6 Å². The molecule has 1 aliphatic heterocycles. The van der Waals surface area contributed by atoms with Crippen molar-refractivity contribution < 1.29 is 0 Å². The highest BCUT2D eigenvalue weighted by molar-refractivity contribution is 5.14. The zero-order valence-electron chi connectivity index (χ0n) is 8.17. The zero-order chi connectivity index (χ0) is 9.26. The van der Waals surface area contributed by atoms with Crippen LogP contribution in [0.15, 0.2) is 6.07 Å². The third-order valence-corrected chi connectivity index (χ3v) is 2.43. The standard InChI is InChI=1S/C10H15N3/c1-3-9-4-7(2)12-10(13-9)8-5-11-6-8/h4,8,11H,3,5-6H2,1-2H3. The second-order valence-electron chi connectivity index (χ2n) is 3.57. The van der Waals surface area contributed by atoms with Crippen LogP contribution in [0, 0.1) is 6.92 Å². The molecule has 1 aliphatic rings. The lowest BCUT2D eigenvalue weighted by Gasteiger charge is -2.25. The summed E-state index contributed by atoms with van der Waals surface area (Å²) in [5.41, 5.74) is 2.25. The van der Waals surface area contributed by atoms with E-state index < -0.39 is 0 Å². The second-order valence-corrected chi connectivity index (χ2v) is 3.57. The van der Waals surface area contributed by atoms with E-state index in [1.165, 1.54) is 0 Å². The number of rotatable bonds is 2. The number of nitrogens with zero attached hydrogens (tertiary/aromatic N) is 2. The van der Waals surface area contributed by atoms with Crippen LogP contribution < -0.4 is 5.32 Å². The first-order valence-corrected chi connectivity index (χ1v) is 4.84. The number of aromatic nitrogens is 2. The molecule has 3 nitrogen and oxygen atoms in total. The smallest absolute Gasteiger partial charge is 0.134 e. The molecule has 0 aliphatic carbocycles. The monoisotopic (exact) mass is 177 g/mol. The van der Waals surface area contributed by atoms with E-state index in [1.807, 2.05) is 6.92 Å². The van der Waals surface area contributed by atoms with Crippen molar-refractivity contribution in [3.05, 3.63) is 23.3 Å². The average Bonchev–Trinajstić information content (AvgIpc) is 2.00. The lowest BCUT2D eigenvalue weighted by molar-refractivity contribution is 0.428. The summed E-state index contributed by atoms with van der Waals surface area (Å²) in [6, 6.07) is 2.07. The Morgan fingerprint density at radius 2 is 2.23 bits per heavy atom. The van der Waals surface area contributed by atoms with Crippen molar-refractivity contribution in [1.29, 1.82) is 0 Å². The molecule has 1 fully saturated rings. The van der Waals surface area contributed by atoms with Gasteiger partial charge in [-0.15, -0.1) is 0 Å². The highest BCUT2D eigenvalue weighted by Gasteiger charge is 2.21. The quantitative estimate of drug-likeness (QED) is 0.733. The first kappa shape index (κ1) is 8.63. The van der Waals surface area contributed by atoms with Crippen molar-refractivity contribution in [2.24, 2.45) is 0 Å². The molecule has 1 saturated heterocycles. The van der Waals surface area contributed by atoms with Crippen molar-refractivity contribution in [2.45, 2.75) is 26.2 Å². The van der Waals surface area contributed by atoms with E-state index in [4.69, 9.17) is 0 Å². The minimum atomic E-state index is 0.546. The summed E-state index contributed by atoms with van der Waals surface area (Å²) in [4.78, 5) is 8.98. The molecule has 0 bridgehead atoms. The maximum Gasteiger partial charge on any atom is 0.134 e. The third-order valence-electron chi connectivity index (χ3n) is 2.43. The number of hydrogen-bond donors (Lipinski definition) is 1. The molecule has 0 amide bonds. The average molecular weight is 177 g/mol. The van der Waals surface area contributed by atoms with Crippen molar-refractivity contribution in [3.8, 4) is 0 Å². The molecule has 0 spiro atoms. The third kappa shape index (κ3) is 1.70. The molecular formula is C10H15N3. The van der Waals surface area contributed by atoms with Crippen LogP contribution in [0.2, 0.25) is 0 Å². The van der Waals surface area contributed by atoms with Gasteiger partial charge in [0.05, 0.1) is 0 Å². The molecule has 0 atom stereocenters. The summed E-state index contributed by atoms with van der Waals surface area (Å²) in [7, 11) is 0. The van der Waals surface area contributed by atoms with Gasteiger partial charge in [-0.05, 0) is 19.4 Å². The fourth-order valence-electron chi connectivity index (χ4n) is 1.49. The molecular weight excluding hydrogens is 162 g/mol. The van der Waals surface area contributed by atoms with Gasteiger partial charge in [0, 0.05) is 30.4 Å². The topological polar surface area (TPSA) is 37.8 Å². The Morgan fingerprint density at radius 3 is 2.77 bits per heavy atom. The first-order valence-electron chi connectivity index (χ1n) is 4.84. The molecule has 3 heteroatoms. The molecule has 2 heterocycles. The maximum atomic E-state index is 4.52. The Kier molecular flexibility index (Phi) is 2.27. The summed E-state index contributed by atoms with van der Waals surface area (Å²) in [5, 5.41) is 3.24. The highest BCUT2D eigenvalue weighted by Crippen LogP contribution is 2.16. The van der Waals surface area contributed by atoms with Gasteiger partial charge in [0.2, 0.25) is 0 Å². The van der Waals surface area contributed by atoms with Crippen molar-refractivity contribution in [3.63, 3.8) is 0 Å². The molecule has 0 aromatic carbocycles. The normalized spacial score (nSPS) is 17.1. The first-order chi connectivity index (χ1) is 6.29. The van der Waals surface area contributed by atoms with Gasteiger partial charge in [0.25, 0.3) is 0 Å². The predicted molar refractivity (Wildman–Crippen MR) is 51.8 cm³/mol. The van der Waals surface area contributed by atoms with Crippen LogP contribution in [-0.2, 0) is 6.42 Å². The van der Waals surface area contributed by atoms with Crippen LogP contribution in [0.5, 0.6) is 0 Å². The molecule has 2 rings (SSSR count). The molecule has 0 radical (unpaired) electrons. The van der Waals surface area contributed by atoms with E-state index >= 15 is 0 Å². The van der Waals surface area contributed by atoms with Gasteiger partial charge in [0.1, 0.15) is 5.82 Å². The Bertz CT molecular complexity index is 305. The van der Waals surface area contributed by atoms with E-state index in [0.717, 1.165) is 36.7 Å². The Hall–Kier alpha value is -0.960. The van der Waals surface area contributed by atoms with Gasteiger partial charge in [0.15, 0.2) is 0 Å². The van der Waals surface area contributed by atoms with Crippen LogP contribution in [-0.4, -0.2) is 23.1 Å². The van der Waals surface area contributed by atoms with Gasteiger partial charge >= 0.3 is 0 Å². The Balaban J connectivity index is 2.28. The molecule has 1 aromatic rings. The van der Waals surface area contributed by atoms with Gasteiger partial charge in [-0.3, -0.25) is 0 Å². The predicted octanol–water partition coefficient (Wildman–Crippen LogP) is 1.03. The lowest BCUT2D eigenvalue weighted by Crippen LogP contribution is -2.41. The van der Waals surface area contributed by atoms with Crippen LogP contribution in [0.3, 0.4) is 0 Å². The van der Waals surface area contributed by atoms with E-state index in [0.29, 0.717) is 5.92 Å². The van der Waals surface area contributed by atoms with Crippen LogP contribution in [0.4, 0.5) is 0 Å². The second kappa shape index (κ2) is 3.42. The fourth-order valence-corrected chi connectivity index (χ4v) is 1.49. The zero-order valence-corrected chi connectivity index (χ0v) is 8.17. The van der Waals surface area contributed by atoms with E-state index in [2.05, 4.69) is 28.3 Å². The fraction of sp³-hybridized carbons (Fsp3) is 0.600. The molecule has 1 N–H and O–H groups in total. The van der Waals surface area contributed by atoms with E-state index in [1.54, 1.807) is 0 Å². The van der Waals surface area contributed by atoms with Crippen LogP contribution in [0.25, 0.3) is 0 Å².